The van der Waals surface area contributed by atoms with Gasteiger partial charge in [0.1, 0.15) is 0 Å². The van der Waals surface area contributed by atoms with Gasteiger partial charge in [0.05, 0.1) is 6.10 Å². The maximum absolute atomic E-state index is 10.1. The molecule has 0 spiro atoms. The third-order valence-corrected chi connectivity index (χ3v) is 4.51. The quantitative estimate of drug-likeness (QED) is 0.887. The molecule has 3 unspecified atom stereocenters. The van der Waals surface area contributed by atoms with Gasteiger partial charge in [0.25, 0.3) is 0 Å². The summed E-state index contributed by atoms with van der Waals surface area (Å²) >= 11 is 3.51. The van der Waals surface area contributed by atoms with Crippen molar-refractivity contribution in [2.45, 2.75) is 45.1 Å². The van der Waals surface area contributed by atoms with E-state index in [-0.39, 0.29) is 6.10 Å². The molecule has 0 heterocycles. The highest BCUT2D eigenvalue weighted by molar-refractivity contribution is 9.10. The fraction of sp³-hybridized carbons (Fsp3) is 0.600. The summed E-state index contributed by atoms with van der Waals surface area (Å²) in [5.74, 6) is 1.26. The van der Waals surface area contributed by atoms with Crippen LogP contribution >= 0.6 is 15.9 Å². The topological polar surface area (TPSA) is 20.2 Å². The van der Waals surface area contributed by atoms with Gasteiger partial charge in [0, 0.05) is 4.47 Å². The SMILES string of the molecule is CCC1CCC(O)C(Cc2cccc(Br)c2)C1. The van der Waals surface area contributed by atoms with Crippen molar-refractivity contribution in [3.63, 3.8) is 0 Å². The Morgan fingerprint density at radius 1 is 1.35 bits per heavy atom. The lowest BCUT2D eigenvalue weighted by Crippen LogP contribution is -2.30. The van der Waals surface area contributed by atoms with Crippen molar-refractivity contribution in [2.75, 3.05) is 0 Å². The zero-order valence-corrected chi connectivity index (χ0v) is 12.0. The van der Waals surface area contributed by atoms with E-state index in [4.69, 9.17) is 0 Å². The third kappa shape index (κ3) is 3.56. The molecule has 1 saturated carbocycles. The van der Waals surface area contributed by atoms with E-state index in [1.54, 1.807) is 0 Å². The van der Waals surface area contributed by atoms with Gasteiger partial charge in [0.2, 0.25) is 0 Å². The van der Waals surface area contributed by atoms with Crippen LogP contribution in [0.1, 0.15) is 38.2 Å². The van der Waals surface area contributed by atoms with Gasteiger partial charge in [-0.05, 0) is 55.2 Å². The molecule has 0 saturated heterocycles. The molecule has 1 N–H and O–H groups in total. The molecule has 2 heteroatoms. The van der Waals surface area contributed by atoms with Crippen molar-refractivity contribution >= 4 is 15.9 Å². The molecule has 1 aliphatic carbocycles. The first-order chi connectivity index (χ1) is 8.19. The summed E-state index contributed by atoms with van der Waals surface area (Å²) in [6.07, 6.45) is 5.53. The molecule has 0 aromatic heterocycles. The Kier molecular flexibility index (Phi) is 4.63. The van der Waals surface area contributed by atoms with E-state index in [0.29, 0.717) is 5.92 Å². The molecule has 94 valence electrons. The molecule has 1 aromatic rings. The molecule has 0 radical (unpaired) electrons. The number of aliphatic hydroxyl groups excluding tert-OH is 1. The van der Waals surface area contributed by atoms with Crippen molar-refractivity contribution in [3.8, 4) is 0 Å². The number of hydrogen-bond donors (Lipinski definition) is 1. The van der Waals surface area contributed by atoms with E-state index in [1.807, 2.05) is 0 Å². The van der Waals surface area contributed by atoms with E-state index < -0.39 is 0 Å². The first-order valence-electron chi connectivity index (χ1n) is 6.61. The van der Waals surface area contributed by atoms with Crippen molar-refractivity contribution in [1.29, 1.82) is 0 Å². The van der Waals surface area contributed by atoms with Crippen LogP contribution in [0.2, 0.25) is 0 Å². The van der Waals surface area contributed by atoms with Gasteiger partial charge < -0.3 is 5.11 Å². The second kappa shape index (κ2) is 6.01. The van der Waals surface area contributed by atoms with Crippen LogP contribution < -0.4 is 0 Å². The predicted octanol–water partition coefficient (Wildman–Crippen LogP) is 4.18. The summed E-state index contributed by atoms with van der Waals surface area (Å²) in [6.45, 7) is 2.26. The fourth-order valence-corrected chi connectivity index (χ4v) is 3.35. The van der Waals surface area contributed by atoms with Gasteiger partial charge in [-0.15, -0.1) is 0 Å². The van der Waals surface area contributed by atoms with Crippen LogP contribution in [0, 0.1) is 11.8 Å². The molecular weight excluding hydrogens is 276 g/mol. The van der Waals surface area contributed by atoms with Crippen molar-refractivity contribution in [3.05, 3.63) is 34.3 Å². The maximum Gasteiger partial charge on any atom is 0.0571 e. The highest BCUT2D eigenvalue weighted by Crippen LogP contribution is 2.33. The van der Waals surface area contributed by atoms with Crippen molar-refractivity contribution < 1.29 is 5.11 Å². The minimum Gasteiger partial charge on any atom is -0.393 e. The summed E-state index contributed by atoms with van der Waals surface area (Å²) in [7, 11) is 0. The monoisotopic (exact) mass is 296 g/mol. The minimum absolute atomic E-state index is 0.100. The Morgan fingerprint density at radius 3 is 2.88 bits per heavy atom. The van der Waals surface area contributed by atoms with E-state index >= 15 is 0 Å². The van der Waals surface area contributed by atoms with E-state index in [9.17, 15) is 5.11 Å². The van der Waals surface area contributed by atoms with Gasteiger partial charge in [-0.1, -0.05) is 41.4 Å². The number of benzene rings is 1. The first-order valence-corrected chi connectivity index (χ1v) is 7.41. The Hall–Kier alpha value is -0.340. The van der Waals surface area contributed by atoms with Crippen molar-refractivity contribution in [2.24, 2.45) is 11.8 Å². The number of hydrogen-bond acceptors (Lipinski definition) is 1. The molecule has 1 fully saturated rings. The minimum atomic E-state index is -0.100. The zero-order chi connectivity index (χ0) is 12.3. The average molecular weight is 297 g/mol. The number of aliphatic hydroxyl groups is 1. The molecular formula is C15H21BrO. The Morgan fingerprint density at radius 2 is 2.18 bits per heavy atom. The van der Waals surface area contributed by atoms with Crippen LogP contribution in [0.4, 0.5) is 0 Å². The third-order valence-electron chi connectivity index (χ3n) is 4.02. The molecule has 0 aliphatic heterocycles. The average Bonchev–Trinajstić information content (AvgIpc) is 2.32. The van der Waals surface area contributed by atoms with Crippen LogP contribution in [0.25, 0.3) is 0 Å². The van der Waals surface area contributed by atoms with E-state index in [2.05, 4.69) is 47.1 Å². The molecule has 1 nitrogen and oxygen atoms in total. The summed E-state index contributed by atoms with van der Waals surface area (Å²) in [6, 6.07) is 8.46. The largest absolute Gasteiger partial charge is 0.393 e. The maximum atomic E-state index is 10.1. The predicted molar refractivity (Wildman–Crippen MR) is 75.0 cm³/mol. The lowest BCUT2D eigenvalue weighted by atomic mass is 9.76. The lowest BCUT2D eigenvalue weighted by molar-refractivity contribution is 0.0475. The standard InChI is InChI=1S/C15H21BrO/c1-2-11-6-7-15(17)13(8-11)9-12-4-3-5-14(16)10-12/h3-5,10-11,13,15,17H,2,6-9H2,1H3. The second-order valence-corrected chi connectivity index (χ2v) is 6.16. The van der Waals surface area contributed by atoms with Crippen LogP contribution in [0.5, 0.6) is 0 Å². The molecule has 0 bridgehead atoms. The number of halogens is 1. The molecule has 2 rings (SSSR count). The van der Waals surface area contributed by atoms with Gasteiger partial charge in [0.15, 0.2) is 0 Å². The Bertz CT molecular complexity index is 364. The summed E-state index contributed by atoms with van der Waals surface area (Å²) in [5, 5.41) is 10.1. The van der Waals surface area contributed by atoms with Gasteiger partial charge in [-0.25, -0.2) is 0 Å². The Balaban J connectivity index is 2.01. The smallest absolute Gasteiger partial charge is 0.0571 e. The summed E-state index contributed by atoms with van der Waals surface area (Å²) in [5.41, 5.74) is 1.33. The van der Waals surface area contributed by atoms with E-state index in [0.717, 1.165) is 23.2 Å². The highest BCUT2D eigenvalue weighted by Gasteiger charge is 2.28. The fourth-order valence-electron chi connectivity index (χ4n) is 2.90. The van der Waals surface area contributed by atoms with Gasteiger partial charge >= 0.3 is 0 Å². The number of rotatable bonds is 3. The van der Waals surface area contributed by atoms with Crippen LogP contribution in [-0.4, -0.2) is 11.2 Å². The van der Waals surface area contributed by atoms with Crippen LogP contribution in [-0.2, 0) is 6.42 Å². The normalized spacial score (nSPS) is 29.2. The first kappa shape index (κ1) is 13.1. The second-order valence-electron chi connectivity index (χ2n) is 5.25. The highest BCUT2D eigenvalue weighted by atomic mass is 79.9. The molecule has 0 amide bonds. The van der Waals surface area contributed by atoms with Gasteiger partial charge in [-0.3, -0.25) is 0 Å². The summed E-state index contributed by atoms with van der Waals surface area (Å²) in [4.78, 5) is 0. The van der Waals surface area contributed by atoms with E-state index in [1.165, 1.54) is 24.8 Å². The summed E-state index contributed by atoms with van der Waals surface area (Å²) < 4.78 is 1.13. The molecule has 3 atom stereocenters. The lowest BCUT2D eigenvalue weighted by Gasteiger charge is -2.33. The Labute approximate surface area is 112 Å². The molecule has 1 aliphatic rings. The van der Waals surface area contributed by atoms with Crippen molar-refractivity contribution in [1.82, 2.24) is 0 Å². The van der Waals surface area contributed by atoms with Crippen LogP contribution in [0.15, 0.2) is 28.7 Å². The van der Waals surface area contributed by atoms with Crippen LogP contribution in [0.3, 0.4) is 0 Å². The molecule has 1 aromatic carbocycles. The molecule has 17 heavy (non-hydrogen) atoms. The van der Waals surface area contributed by atoms with Gasteiger partial charge in [-0.2, -0.15) is 0 Å². The zero-order valence-electron chi connectivity index (χ0n) is 10.4.